The molecule has 7 aliphatic carbocycles. The first-order valence-electron chi connectivity index (χ1n) is 15.6. The molecular weight excluding hydrogens is 452 g/mol. The van der Waals surface area contributed by atoms with E-state index in [-0.39, 0.29) is 5.41 Å². The zero-order chi connectivity index (χ0) is 25.8. The topological polar surface area (TPSA) is 34.1 Å². The molecule has 4 fully saturated rings. The van der Waals surface area contributed by atoms with Gasteiger partial charge in [-0.25, -0.2) is 0 Å². The number of rotatable bonds is 3. The van der Waals surface area contributed by atoms with Gasteiger partial charge >= 0.3 is 0 Å². The summed E-state index contributed by atoms with van der Waals surface area (Å²) in [6.07, 6.45) is 28.2. The van der Waals surface area contributed by atoms with Gasteiger partial charge in [-0.2, -0.15) is 0 Å². The summed E-state index contributed by atoms with van der Waals surface area (Å²) >= 11 is 0. The van der Waals surface area contributed by atoms with Gasteiger partial charge in [0.25, 0.3) is 0 Å². The molecule has 1 spiro atoms. The van der Waals surface area contributed by atoms with Crippen molar-refractivity contribution in [1.82, 2.24) is 0 Å². The molecule has 0 N–H and O–H groups in total. The van der Waals surface area contributed by atoms with Crippen molar-refractivity contribution in [2.75, 3.05) is 0 Å². The molecule has 0 bridgehead atoms. The summed E-state index contributed by atoms with van der Waals surface area (Å²) < 4.78 is 0. The van der Waals surface area contributed by atoms with Crippen LogP contribution < -0.4 is 0 Å². The smallest absolute Gasteiger partial charge is 0.139 e. The summed E-state index contributed by atoms with van der Waals surface area (Å²) in [6.45, 7) is 9.44. The molecule has 0 aliphatic heterocycles. The van der Waals surface area contributed by atoms with Crippen LogP contribution in [0, 0.1) is 46.3 Å². The zero-order valence-electron chi connectivity index (χ0n) is 23.2. The second-order valence-corrected chi connectivity index (χ2v) is 13.9. The molecular formula is C35H48O2. The van der Waals surface area contributed by atoms with E-state index >= 15 is 0 Å². The van der Waals surface area contributed by atoms with Gasteiger partial charge < -0.3 is 4.79 Å². The molecule has 37 heavy (non-hydrogen) atoms. The second kappa shape index (κ2) is 9.80. The quantitative estimate of drug-likeness (QED) is 0.363. The third-order valence-corrected chi connectivity index (χ3v) is 12.5. The van der Waals surface area contributed by atoms with E-state index in [4.69, 9.17) is 11.4 Å². The van der Waals surface area contributed by atoms with E-state index in [9.17, 15) is 4.79 Å². The zero-order valence-corrected chi connectivity index (χ0v) is 23.2. The summed E-state index contributed by atoms with van der Waals surface area (Å²) in [5, 5.41) is 0. The molecule has 2 nitrogen and oxygen atoms in total. The molecule has 4 saturated carbocycles. The minimum Gasteiger partial charge on any atom is -0.307 e. The number of hydrogen-bond acceptors (Lipinski definition) is 2. The molecule has 0 aromatic heterocycles. The Kier molecular flexibility index (Phi) is 6.77. The number of allylic oxidation sites excluding steroid dienone is 7. The normalized spacial score (nSPS) is 42.8. The largest absolute Gasteiger partial charge is 0.307 e. The molecule has 7 aliphatic rings. The first-order valence-corrected chi connectivity index (χ1v) is 15.6. The molecule has 200 valence electrons. The van der Waals surface area contributed by atoms with E-state index in [1.165, 1.54) is 103 Å². The maximum atomic E-state index is 12.9. The van der Waals surface area contributed by atoms with Crippen molar-refractivity contribution in [1.29, 1.82) is 0 Å². The molecule has 0 aromatic carbocycles. The minimum absolute atomic E-state index is 0.242. The van der Waals surface area contributed by atoms with Gasteiger partial charge in [0.15, 0.2) is 0 Å². The maximum absolute atomic E-state index is 12.9. The maximum Gasteiger partial charge on any atom is 0.139 e. The van der Waals surface area contributed by atoms with E-state index in [0.717, 1.165) is 23.7 Å². The summed E-state index contributed by atoms with van der Waals surface area (Å²) in [6, 6.07) is 0. The van der Waals surface area contributed by atoms with E-state index in [1.54, 1.807) is 11.1 Å². The highest BCUT2D eigenvalue weighted by molar-refractivity contribution is 5.85. The number of carbonyl (C=O) groups is 2. The van der Waals surface area contributed by atoms with Gasteiger partial charge in [0.1, 0.15) is 12.6 Å². The number of fused-ring (bicyclic) bond motifs is 5. The van der Waals surface area contributed by atoms with Crippen molar-refractivity contribution in [2.45, 2.75) is 110 Å². The van der Waals surface area contributed by atoms with Crippen molar-refractivity contribution < 1.29 is 9.59 Å². The van der Waals surface area contributed by atoms with Crippen molar-refractivity contribution in [2.24, 2.45) is 46.3 Å². The van der Waals surface area contributed by atoms with Crippen LogP contribution in [0.15, 0.2) is 47.1 Å². The molecule has 2 unspecified atom stereocenters. The molecule has 5 atom stereocenters. The summed E-state index contributed by atoms with van der Waals surface area (Å²) in [5.74, 6) is 4.63. The molecule has 7 rings (SSSR count). The second-order valence-electron chi connectivity index (χ2n) is 13.9. The minimum atomic E-state index is 0.242. The van der Waals surface area contributed by atoms with Crippen LogP contribution in [-0.2, 0) is 9.59 Å². The van der Waals surface area contributed by atoms with Crippen molar-refractivity contribution in [3.05, 3.63) is 47.1 Å². The Morgan fingerprint density at radius 3 is 2.32 bits per heavy atom. The SMILES string of the molecule is C=C1CCC=C[C@]12CCC1C3CCC4=CCCCC4=C3[C@@H](C3CCC(C(=O)C4CC4)CC3)C[C@@]12C.C=O. The van der Waals surface area contributed by atoms with E-state index in [1.807, 2.05) is 17.9 Å². The Hall–Kier alpha value is -1.70. The van der Waals surface area contributed by atoms with Gasteiger partial charge in [-0.05, 0) is 143 Å². The fourth-order valence-corrected chi connectivity index (χ4v) is 10.6. The van der Waals surface area contributed by atoms with Crippen LogP contribution in [0.25, 0.3) is 0 Å². The third-order valence-electron chi connectivity index (χ3n) is 12.5. The Morgan fingerprint density at radius 2 is 1.62 bits per heavy atom. The molecule has 0 heterocycles. The van der Waals surface area contributed by atoms with Crippen LogP contribution >= 0.6 is 0 Å². The lowest BCUT2D eigenvalue weighted by Gasteiger charge is -2.58. The molecule has 2 heteroatoms. The highest BCUT2D eigenvalue weighted by atomic mass is 16.1. The van der Waals surface area contributed by atoms with Gasteiger partial charge in [-0.3, -0.25) is 4.79 Å². The van der Waals surface area contributed by atoms with Gasteiger partial charge in [-0.15, -0.1) is 0 Å². The monoisotopic (exact) mass is 500 g/mol. The highest BCUT2D eigenvalue weighted by Gasteiger charge is 2.63. The number of carbonyl (C=O) groups excluding carboxylic acids is 2. The lowest BCUT2D eigenvalue weighted by Crippen LogP contribution is -2.50. The van der Waals surface area contributed by atoms with Gasteiger partial charge in [-0.1, -0.05) is 42.9 Å². The molecule has 0 aromatic rings. The van der Waals surface area contributed by atoms with E-state index in [2.05, 4.69) is 25.2 Å². The molecule has 0 radical (unpaired) electrons. The summed E-state index contributed by atoms with van der Waals surface area (Å²) in [4.78, 5) is 20.9. The summed E-state index contributed by atoms with van der Waals surface area (Å²) in [7, 11) is 0. The van der Waals surface area contributed by atoms with E-state index in [0.29, 0.717) is 23.0 Å². The molecule has 0 saturated heterocycles. The predicted molar refractivity (Wildman–Crippen MR) is 151 cm³/mol. The fraction of sp³-hybridized carbons (Fsp3) is 0.714. The van der Waals surface area contributed by atoms with Crippen molar-refractivity contribution >= 4 is 12.6 Å². The molecule has 0 amide bonds. The Morgan fingerprint density at radius 1 is 0.892 bits per heavy atom. The van der Waals surface area contributed by atoms with Gasteiger partial charge in [0.2, 0.25) is 0 Å². The first kappa shape index (κ1) is 25.6. The Bertz CT molecular complexity index is 1030. The predicted octanol–water partition coefficient (Wildman–Crippen LogP) is 8.73. The lowest BCUT2D eigenvalue weighted by atomic mass is 9.46. The summed E-state index contributed by atoms with van der Waals surface area (Å²) in [5.41, 5.74) is 7.66. The first-order chi connectivity index (χ1) is 18.0. The fourth-order valence-electron chi connectivity index (χ4n) is 10.6. The lowest BCUT2D eigenvalue weighted by molar-refractivity contribution is -0.125. The van der Waals surface area contributed by atoms with Crippen molar-refractivity contribution in [3.8, 4) is 0 Å². The third kappa shape index (κ3) is 3.94. The van der Waals surface area contributed by atoms with Crippen LogP contribution in [0.1, 0.15) is 110 Å². The van der Waals surface area contributed by atoms with Gasteiger partial charge in [0, 0.05) is 17.3 Å². The number of Topliss-reactive ketones (excluding diaryl/α,β-unsaturated/α-hetero) is 1. The van der Waals surface area contributed by atoms with Crippen LogP contribution in [0.2, 0.25) is 0 Å². The Labute approximate surface area is 225 Å². The van der Waals surface area contributed by atoms with Crippen LogP contribution in [-0.4, -0.2) is 12.6 Å². The average Bonchev–Trinajstić information content (AvgIpc) is 3.75. The number of hydrogen-bond donors (Lipinski definition) is 0. The standard InChI is InChI=1S/C34H46O.CH2O/c1-22-7-5-6-19-34(22)20-18-30-28-17-16-23-8-3-4-9-27(23)31(28)29(21-33(30,34)2)24-10-12-25(13-11-24)32(35)26-14-15-26;1-2/h6,8,19,24-26,28-30H,1,3-5,7,9-18,20-21H2,2H3;1H2/t24?,25?,28?,29-,30?,33+,34+;/m1./s1. The van der Waals surface area contributed by atoms with Crippen LogP contribution in [0.4, 0.5) is 0 Å². The van der Waals surface area contributed by atoms with E-state index < -0.39 is 0 Å². The van der Waals surface area contributed by atoms with Crippen molar-refractivity contribution in [3.63, 3.8) is 0 Å². The number of ketones is 1. The van der Waals surface area contributed by atoms with Gasteiger partial charge in [0.05, 0.1) is 0 Å². The van der Waals surface area contributed by atoms with Crippen LogP contribution in [0.3, 0.4) is 0 Å². The van der Waals surface area contributed by atoms with Crippen LogP contribution in [0.5, 0.6) is 0 Å². The average molecular weight is 501 g/mol. The highest BCUT2D eigenvalue weighted by Crippen LogP contribution is 2.72. The Balaban J connectivity index is 0.00000123.